The molecule has 1 amide bonds. The Kier molecular flexibility index (Phi) is 7.24. The Morgan fingerprint density at radius 1 is 0.871 bits per heavy atom. The lowest BCUT2D eigenvalue weighted by Crippen LogP contribution is -2.46. The van der Waals surface area contributed by atoms with Crippen molar-refractivity contribution in [2.45, 2.75) is 25.8 Å². The van der Waals surface area contributed by atoms with E-state index in [-0.39, 0.29) is 5.91 Å². The zero-order chi connectivity index (χ0) is 21.3. The van der Waals surface area contributed by atoms with Gasteiger partial charge in [0.25, 0.3) is 0 Å². The number of hydrogen-bond donors (Lipinski definition) is 1. The molecular weight excluding hydrogens is 386 g/mol. The Morgan fingerprint density at radius 3 is 2.26 bits per heavy atom. The zero-order valence-corrected chi connectivity index (χ0v) is 17.8. The van der Waals surface area contributed by atoms with E-state index in [0.29, 0.717) is 12.2 Å². The molecule has 0 atom stereocenters. The second kappa shape index (κ2) is 10.7. The second-order valence-electron chi connectivity index (χ2n) is 7.90. The van der Waals surface area contributed by atoms with Crippen LogP contribution in [0.25, 0.3) is 0 Å². The van der Waals surface area contributed by atoms with Crippen LogP contribution in [0.4, 0.5) is 11.6 Å². The summed E-state index contributed by atoms with van der Waals surface area (Å²) in [5.74, 6) is 1.43. The van der Waals surface area contributed by atoms with Gasteiger partial charge in [-0.1, -0.05) is 60.7 Å². The van der Waals surface area contributed by atoms with Crippen LogP contribution >= 0.6 is 0 Å². The summed E-state index contributed by atoms with van der Waals surface area (Å²) in [4.78, 5) is 25.7. The summed E-state index contributed by atoms with van der Waals surface area (Å²) in [5, 5.41) is 2.92. The molecule has 1 saturated heterocycles. The summed E-state index contributed by atoms with van der Waals surface area (Å²) in [6.45, 7) is 4.77. The molecule has 1 fully saturated rings. The van der Waals surface area contributed by atoms with Gasteiger partial charge in [0.1, 0.15) is 18.0 Å². The predicted octanol–water partition coefficient (Wildman–Crippen LogP) is 3.76. The number of carbonyl (C=O) groups excluding carboxylic acids is 1. The number of nitrogens with one attached hydrogen (secondary N) is 1. The molecule has 4 rings (SSSR count). The van der Waals surface area contributed by atoms with E-state index in [1.165, 1.54) is 17.5 Å². The summed E-state index contributed by atoms with van der Waals surface area (Å²) in [6, 6.07) is 22.7. The van der Waals surface area contributed by atoms with Gasteiger partial charge in [-0.05, 0) is 24.0 Å². The lowest BCUT2D eigenvalue weighted by molar-refractivity contribution is -0.116. The number of benzene rings is 2. The third-order valence-corrected chi connectivity index (χ3v) is 5.58. The van der Waals surface area contributed by atoms with E-state index in [1.807, 2.05) is 24.3 Å². The minimum absolute atomic E-state index is 0.00624. The maximum absolute atomic E-state index is 12.3. The number of rotatable bonds is 8. The molecule has 0 aliphatic carbocycles. The van der Waals surface area contributed by atoms with Crippen LogP contribution in [-0.2, 0) is 17.8 Å². The van der Waals surface area contributed by atoms with Gasteiger partial charge in [0.15, 0.2) is 0 Å². The first kappa shape index (κ1) is 21.0. The molecule has 0 saturated carbocycles. The van der Waals surface area contributed by atoms with Crippen molar-refractivity contribution in [3.63, 3.8) is 0 Å². The monoisotopic (exact) mass is 415 g/mol. The number of piperazine rings is 1. The molecule has 31 heavy (non-hydrogen) atoms. The second-order valence-corrected chi connectivity index (χ2v) is 7.90. The number of hydrogen-bond acceptors (Lipinski definition) is 5. The Labute approximate surface area is 183 Å². The van der Waals surface area contributed by atoms with Crippen LogP contribution in [-0.4, -0.2) is 47.0 Å². The normalized spacial score (nSPS) is 14.4. The zero-order valence-electron chi connectivity index (χ0n) is 17.8. The van der Waals surface area contributed by atoms with Crippen molar-refractivity contribution >= 4 is 17.5 Å². The number of anilines is 2. The highest BCUT2D eigenvalue weighted by Crippen LogP contribution is 2.17. The van der Waals surface area contributed by atoms with Crippen LogP contribution in [0, 0.1) is 0 Å². The molecule has 0 bridgehead atoms. The van der Waals surface area contributed by atoms with E-state index in [4.69, 9.17) is 0 Å². The molecule has 160 valence electrons. The molecule has 1 aromatic heterocycles. The number of aromatic nitrogens is 2. The van der Waals surface area contributed by atoms with Gasteiger partial charge >= 0.3 is 0 Å². The number of carbonyl (C=O) groups is 1. The minimum atomic E-state index is -0.00624. The van der Waals surface area contributed by atoms with Gasteiger partial charge in [0, 0.05) is 45.2 Å². The standard InChI is InChI=1S/C25H29N5O/c31-25(13-7-12-21-8-3-1-4-9-21)28-23-18-24(27-20-26-23)30-16-14-29(15-17-30)19-22-10-5-2-6-11-22/h1-6,8-11,18,20H,7,12-17,19H2,(H,26,27,28,31). The van der Waals surface area contributed by atoms with Crippen molar-refractivity contribution in [1.29, 1.82) is 0 Å². The van der Waals surface area contributed by atoms with Crippen molar-refractivity contribution < 1.29 is 4.79 Å². The first-order valence-corrected chi connectivity index (χ1v) is 10.9. The average molecular weight is 416 g/mol. The van der Waals surface area contributed by atoms with E-state index in [9.17, 15) is 4.79 Å². The van der Waals surface area contributed by atoms with Crippen molar-refractivity contribution in [2.75, 3.05) is 36.4 Å². The summed E-state index contributed by atoms with van der Waals surface area (Å²) < 4.78 is 0. The lowest BCUT2D eigenvalue weighted by atomic mass is 10.1. The fraction of sp³-hybridized carbons (Fsp3) is 0.320. The molecule has 1 aliphatic heterocycles. The quantitative estimate of drug-likeness (QED) is 0.607. The third-order valence-electron chi connectivity index (χ3n) is 5.58. The maximum atomic E-state index is 12.3. The molecule has 1 aliphatic rings. The first-order valence-electron chi connectivity index (χ1n) is 10.9. The fourth-order valence-corrected chi connectivity index (χ4v) is 3.87. The molecule has 2 heterocycles. The van der Waals surface area contributed by atoms with Gasteiger partial charge in [-0.2, -0.15) is 0 Å². The van der Waals surface area contributed by atoms with E-state index in [1.54, 1.807) is 0 Å². The van der Waals surface area contributed by atoms with Crippen LogP contribution in [0.1, 0.15) is 24.0 Å². The van der Waals surface area contributed by atoms with Crippen LogP contribution in [0.15, 0.2) is 73.1 Å². The van der Waals surface area contributed by atoms with Crippen molar-refractivity contribution in [2.24, 2.45) is 0 Å². The third kappa shape index (κ3) is 6.36. The Morgan fingerprint density at radius 2 is 1.55 bits per heavy atom. The van der Waals surface area contributed by atoms with E-state index >= 15 is 0 Å². The molecule has 1 N–H and O–H groups in total. The molecule has 0 unspecified atom stereocenters. The molecular formula is C25H29N5O. The van der Waals surface area contributed by atoms with Crippen LogP contribution in [0.2, 0.25) is 0 Å². The minimum Gasteiger partial charge on any atom is -0.354 e. The summed E-state index contributed by atoms with van der Waals surface area (Å²) >= 11 is 0. The van der Waals surface area contributed by atoms with E-state index < -0.39 is 0 Å². The Bertz CT molecular complexity index is 956. The maximum Gasteiger partial charge on any atom is 0.225 e. The van der Waals surface area contributed by atoms with Gasteiger partial charge in [-0.15, -0.1) is 0 Å². The van der Waals surface area contributed by atoms with E-state index in [0.717, 1.165) is 51.4 Å². The SMILES string of the molecule is O=C(CCCc1ccccc1)Nc1cc(N2CCN(Cc3ccccc3)CC2)ncn1. The highest BCUT2D eigenvalue weighted by Gasteiger charge is 2.18. The fourth-order valence-electron chi connectivity index (χ4n) is 3.87. The summed E-state index contributed by atoms with van der Waals surface area (Å²) in [6.07, 6.45) is 3.73. The van der Waals surface area contributed by atoms with Gasteiger partial charge < -0.3 is 10.2 Å². The topological polar surface area (TPSA) is 61.4 Å². The van der Waals surface area contributed by atoms with Crippen molar-refractivity contribution in [3.05, 3.63) is 84.2 Å². The van der Waals surface area contributed by atoms with Crippen LogP contribution in [0.5, 0.6) is 0 Å². The first-order chi connectivity index (χ1) is 15.3. The largest absolute Gasteiger partial charge is 0.354 e. The lowest BCUT2D eigenvalue weighted by Gasteiger charge is -2.35. The molecule has 6 nitrogen and oxygen atoms in total. The number of aryl methyl sites for hydroxylation is 1. The van der Waals surface area contributed by atoms with E-state index in [2.05, 4.69) is 67.5 Å². The van der Waals surface area contributed by atoms with Gasteiger partial charge in [0.2, 0.25) is 5.91 Å². The number of nitrogens with zero attached hydrogens (tertiary/aromatic N) is 4. The molecule has 0 radical (unpaired) electrons. The van der Waals surface area contributed by atoms with Gasteiger partial charge in [-0.3, -0.25) is 9.69 Å². The number of amides is 1. The van der Waals surface area contributed by atoms with Crippen LogP contribution in [0.3, 0.4) is 0 Å². The highest BCUT2D eigenvalue weighted by atomic mass is 16.1. The summed E-state index contributed by atoms with van der Waals surface area (Å²) in [7, 11) is 0. The van der Waals surface area contributed by atoms with Crippen molar-refractivity contribution in [3.8, 4) is 0 Å². The Hall–Kier alpha value is -3.25. The predicted molar refractivity (Wildman–Crippen MR) is 124 cm³/mol. The molecule has 2 aromatic carbocycles. The molecule has 6 heteroatoms. The molecule has 0 spiro atoms. The Balaban J connectivity index is 1.24. The molecule has 3 aromatic rings. The van der Waals surface area contributed by atoms with Crippen LogP contribution < -0.4 is 10.2 Å². The van der Waals surface area contributed by atoms with Gasteiger partial charge in [0.05, 0.1) is 0 Å². The smallest absolute Gasteiger partial charge is 0.225 e. The van der Waals surface area contributed by atoms with Crippen molar-refractivity contribution in [1.82, 2.24) is 14.9 Å². The highest BCUT2D eigenvalue weighted by molar-refractivity contribution is 5.90. The van der Waals surface area contributed by atoms with Gasteiger partial charge in [-0.25, -0.2) is 9.97 Å². The summed E-state index contributed by atoms with van der Waals surface area (Å²) in [5.41, 5.74) is 2.60. The average Bonchev–Trinajstić information content (AvgIpc) is 2.81.